The van der Waals surface area contributed by atoms with Gasteiger partial charge in [0.15, 0.2) is 0 Å². The van der Waals surface area contributed by atoms with E-state index in [0.717, 1.165) is 6.26 Å². The largest absolute Gasteiger partial charge is 0.443 e. The van der Waals surface area contributed by atoms with E-state index in [2.05, 4.69) is 0 Å². The molecule has 0 spiro atoms. The Bertz CT molecular complexity index is 29.5. The van der Waals surface area contributed by atoms with Gasteiger partial charge in [0.1, 0.15) is 0 Å². The minimum Gasteiger partial charge on any atom is -0.443 e. The van der Waals surface area contributed by atoms with Gasteiger partial charge in [-0.25, -0.2) is 0 Å². The summed E-state index contributed by atoms with van der Waals surface area (Å²) in [6.45, 7) is 0. The first kappa shape index (κ1) is 8.87. The molecule has 17 valence electrons. The zero-order valence-electron chi connectivity index (χ0n) is 2.39. The van der Waals surface area contributed by atoms with Crippen LogP contribution in [0.15, 0.2) is 0 Å². The van der Waals surface area contributed by atoms with Crippen molar-refractivity contribution in [3.05, 3.63) is 0 Å². The van der Waals surface area contributed by atoms with E-state index < -0.39 is 0 Å². The Morgan fingerprint density at radius 3 is 1.75 bits per heavy atom. The first-order valence-corrected chi connectivity index (χ1v) is 0.447. The van der Waals surface area contributed by atoms with Crippen LogP contribution in [0.25, 0.3) is 0 Å². The van der Waals surface area contributed by atoms with Gasteiger partial charge in [0.05, 0.1) is 0 Å². The molecule has 0 saturated carbocycles. The Morgan fingerprint density at radius 2 is 1.75 bits per heavy atom. The second kappa shape index (κ2) is 9.06. The van der Waals surface area contributed by atoms with Crippen LogP contribution in [0.5, 0.6) is 0 Å². The molecule has 0 saturated heterocycles. The van der Waals surface area contributed by atoms with E-state index in [1.54, 1.807) is 0 Å². The molecular formula is CHKNO. The number of rotatable bonds is 0. The third-order valence-corrected chi connectivity index (χ3v) is 0. The molecule has 0 rings (SSSR count). The average Bonchev–Trinajstić information content (AvgIpc) is 0.918. The van der Waals surface area contributed by atoms with E-state index in [-0.39, 0.29) is 51.4 Å². The van der Waals surface area contributed by atoms with Gasteiger partial charge in [0.25, 0.3) is 6.26 Å². The van der Waals surface area contributed by atoms with Gasteiger partial charge >= 0.3 is 0 Å². The van der Waals surface area contributed by atoms with Crippen LogP contribution in [0.3, 0.4) is 0 Å². The van der Waals surface area contributed by atoms with Crippen molar-refractivity contribution in [3.63, 3.8) is 0 Å². The molecule has 0 aliphatic heterocycles. The van der Waals surface area contributed by atoms with Crippen molar-refractivity contribution in [1.82, 2.24) is 0 Å². The Kier molecular flexibility index (Phi) is 20.1. The molecule has 0 aromatic carbocycles. The summed E-state index contributed by atoms with van der Waals surface area (Å²) in [5.41, 5.74) is 0. The van der Waals surface area contributed by atoms with Crippen LogP contribution >= 0.6 is 0 Å². The van der Waals surface area contributed by atoms with Crippen LogP contribution in [0.2, 0.25) is 0 Å². The Labute approximate surface area is 66.8 Å². The number of nitrogens with zero attached hydrogens (tertiary/aromatic N) is 1. The second-order valence-electron chi connectivity index (χ2n) is 0.100. The predicted molar refractivity (Wildman–Crippen MR) is 13.3 cm³/mol. The fourth-order valence-electron chi connectivity index (χ4n) is 0. The van der Waals surface area contributed by atoms with Gasteiger partial charge in [-0.15, -0.1) is 0 Å². The standard InChI is InChI=1S/CHNO.K/c2-1-3;/h3H;/i1+1,2+1;. The molecule has 4 heavy (non-hydrogen) atoms. The fraction of sp³-hybridized carbons (Fsp3) is 0. The molecule has 0 amide bonds. The number of hydrogen-bond donors (Lipinski definition) is 1. The molecule has 1 radical (unpaired) electrons. The maximum absolute atomic E-state index is 6.88. The van der Waals surface area contributed by atoms with E-state index in [1.165, 1.54) is 0 Å². The molecule has 0 bridgehead atoms. The molecule has 0 aliphatic rings. The summed E-state index contributed by atoms with van der Waals surface area (Å²) in [5, 5.41) is 13.8. The molecule has 0 unspecified atom stereocenters. The minimum atomic E-state index is 0. The molecule has 1 N–H and O–H groups in total. The van der Waals surface area contributed by atoms with Crippen LogP contribution in [-0.4, -0.2) is 56.5 Å². The molecule has 0 atom stereocenters. The maximum atomic E-state index is 6.88. The SMILES string of the molecule is [15N]#[13C]O.[K]. The van der Waals surface area contributed by atoms with Crippen molar-refractivity contribution in [2.75, 3.05) is 0 Å². The van der Waals surface area contributed by atoms with E-state index >= 15 is 0 Å². The van der Waals surface area contributed by atoms with Gasteiger partial charge in [-0.1, -0.05) is 0 Å². The Morgan fingerprint density at radius 1 is 1.75 bits per heavy atom. The van der Waals surface area contributed by atoms with Crippen LogP contribution in [0.4, 0.5) is 0 Å². The topological polar surface area (TPSA) is 44.0 Å². The van der Waals surface area contributed by atoms with Crippen molar-refractivity contribution in [1.29, 1.82) is 5.26 Å². The number of aliphatic hydroxyl groups is 1. The van der Waals surface area contributed by atoms with Gasteiger partial charge in [-0.2, -0.15) is 5.26 Å². The molecule has 0 aromatic heterocycles. The van der Waals surface area contributed by atoms with Gasteiger partial charge < -0.3 is 5.11 Å². The van der Waals surface area contributed by atoms with Gasteiger partial charge in [0.2, 0.25) is 0 Å². The summed E-state index contributed by atoms with van der Waals surface area (Å²) >= 11 is 0. The number of hydrogen-bond acceptors (Lipinski definition) is 2. The first-order valence-electron chi connectivity index (χ1n) is 0.447. The smallest absolute Gasteiger partial charge is 0.283 e. The van der Waals surface area contributed by atoms with Crippen LogP contribution in [0.1, 0.15) is 0 Å². The molecule has 0 fully saturated rings. The Hall–Kier alpha value is 0.926. The molecule has 0 heterocycles. The summed E-state index contributed by atoms with van der Waals surface area (Å²) in [7, 11) is 0. The Balaban J connectivity index is 0. The van der Waals surface area contributed by atoms with Crippen LogP contribution in [0, 0.1) is 11.5 Å². The summed E-state index contributed by atoms with van der Waals surface area (Å²) in [6, 6.07) is 0. The zero-order valence-corrected chi connectivity index (χ0v) is 5.52. The minimum absolute atomic E-state index is 0. The van der Waals surface area contributed by atoms with Crippen molar-refractivity contribution < 1.29 is 5.11 Å². The third kappa shape index (κ3) is 12.7. The van der Waals surface area contributed by atoms with Crippen molar-refractivity contribution in [2.45, 2.75) is 0 Å². The number of aliphatic hydroxyl groups excluding tert-OH is 1. The average molecular weight is 84.1 g/mol. The molecule has 2 nitrogen and oxygen atoms in total. The second-order valence-corrected chi connectivity index (χ2v) is 0.100. The van der Waals surface area contributed by atoms with E-state index in [9.17, 15) is 0 Å². The normalized spacial score (nSPS) is 1.75. The van der Waals surface area contributed by atoms with E-state index in [1.807, 2.05) is 0 Å². The predicted octanol–water partition coefficient (Wildman–Crippen LogP) is -0.541. The van der Waals surface area contributed by atoms with E-state index in [0.29, 0.717) is 0 Å². The molecule has 0 aliphatic carbocycles. The number of nitriles is 1. The van der Waals surface area contributed by atoms with Gasteiger partial charge in [-0.3, -0.25) is 0 Å². The monoisotopic (exact) mass is 84.0 g/mol. The van der Waals surface area contributed by atoms with Crippen molar-refractivity contribution in [2.24, 2.45) is 0 Å². The van der Waals surface area contributed by atoms with Crippen molar-refractivity contribution in [3.8, 4) is 6.26 Å². The van der Waals surface area contributed by atoms with Gasteiger partial charge in [0, 0.05) is 51.4 Å². The summed E-state index contributed by atoms with van der Waals surface area (Å²) in [4.78, 5) is 0. The fourth-order valence-corrected chi connectivity index (χ4v) is 0. The molecule has 3 heteroatoms. The zero-order chi connectivity index (χ0) is 2.71. The molecule has 0 aromatic rings. The molecular weight excluding hydrogens is 83.1 g/mol. The first-order chi connectivity index (χ1) is 1.41. The third-order valence-electron chi connectivity index (χ3n) is 0. The quantitative estimate of drug-likeness (QED) is 0.185. The summed E-state index contributed by atoms with van der Waals surface area (Å²) in [5.74, 6) is 0. The van der Waals surface area contributed by atoms with Crippen molar-refractivity contribution >= 4 is 51.4 Å². The van der Waals surface area contributed by atoms with Crippen LogP contribution < -0.4 is 0 Å². The van der Waals surface area contributed by atoms with Crippen LogP contribution in [-0.2, 0) is 0 Å². The van der Waals surface area contributed by atoms with Gasteiger partial charge in [-0.05, 0) is 0 Å². The summed E-state index contributed by atoms with van der Waals surface area (Å²) < 4.78 is 0. The summed E-state index contributed by atoms with van der Waals surface area (Å²) in [6.07, 6.45) is 0.750. The maximum Gasteiger partial charge on any atom is 0.283 e. The van der Waals surface area contributed by atoms with E-state index in [4.69, 9.17) is 10.4 Å².